The van der Waals surface area contributed by atoms with Crippen LogP contribution in [0.5, 0.6) is 0 Å². The predicted molar refractivity (Wildman–Crippen MR) is 79.1 cm³/mol. The van der Waals surface area contributed by atoms with Crippen molar-refractivity contribution in [2.75, 3.05) is 25.0 Å². The summed E-state index contributed by atoms with van der Waals surface area (Å²) in [4.78, 5) is 18.0. The van der Waals surface area contributed by atoms with Crippen molar-refractivity contribution in [1.82, 2.24) is 9.88 Å². The Bertz CT molecular complexity index is 499. The second kappa shape index (κ2) is 6.72. The molecule has 1 aromatic heterocycles. The van der Waals surface area contributed by atoms with Gasteiger partial charge in [-0.15, -0.1) is 0 Å². The zero-order chi connectivity index (χ0) is 14.7. The smallest absolute Gasteiger partial charge is 0.239 e. The number of nitrogens with zero attached hydrogens (tertiary/aromatic N) is 2. The molecule has 1 aliphatic heterocycles. The molecule has 1 aliphatic rings. The number of amides is 1. The average molecular weight is 318 g/mol. The van der Waals surface area contributed by atoms with E-state index in [9.17, 15) is 9.90 Å². The summed E-state index contributed by atoms with van der Waals surface area (Å²) in [7, 11) is 0. The molecule has 1 aromatic rings. The molecule has 0 bridgehead atoms. The third-order valence-corrected chi connectivity index (χ3v) is 4.09. The van der Waals surface area contributed by atoms with Crippen molar-refractivity contribution in [3.05, 3.63) is 22.3 Å². The molecule has 1 fully saturated rings. The van der Waals surface area contributed by atoms with E-state index >= 15 is 0 Å². The van der Waals surface area contributed by atoms with Crippen LogP contribution in [0.2, 0.25) is 10.0 Å². The van der Waals surface area contributed by atoms with Crippen LogP contribution in [0.15, 0.2) is 12.3 Å². The van der Waals surface area contributed by atoms with E-state index in [4.69, 9.17) is 23.2 Å². The maximum absolute atomic E-state index is 12.0. The SMILES string of the molecule is CC1CCN(CC(=O)Nc2ncc(Cl)cc2Cl)C1CO. The van der Waals surface area contributed by atoms with Gasteiger partial charge in [0.05, 0.1) is 23.2 Å². The highest BCUT2D eigenvalue weighted by molar-refractivity contribution is 6.36. The van der Waals surface area contributed by atoms with Gasteiger partial charge < -0.3 is 10.4 Å². The monoisotopic (exact) mass is 317 g/mol. The highest BCUT2D eigenvalue weighted by atomic mass is 35.5. The third-order valence-electron chi connectivity index (χ3n) is 3.60. The summed E-state index contributed by atoms with van der Waals surface area (Å²) in [6, 6.07) is 1.56. The summed E-state index contributed by atoms with van der Waals surface area (Å²) in [5.41, 5.74) is 0. The maximum Gasteiger partial charge on any atom is 0.239 e. The van der Waals surface area contributed by atoms with E-state index in [1.807, 2.05) is 4.90 Å². The van der Waals surface area contributed by atoms with Gasteiger partial charge in [-0.25, -0.2) is 4.98 Å². The second-order valence-electron chi connectivity index (χ2n) is 5.02. The number of halogens is 2. The number of likely N-dealkylation sites (tertiary alicyclic amines) is 1. The number of carbonyl (C=O) groups is 1. The molecule has 1 amide bonds. The number of aliphatic hydroxyl groups excluding tert-OH is 1. The van der Waals surface area contributed by atoms with Gasteiger partial charge in [0.1, 0.15) is 0 Å². The lowest BCUT2D eigenvalue weighted by atomic mass is 10.0. The van der Waals surface area contributed by atoms with Crippen LogP contribution in [0, 0.1) is 5.92 Å². The molecule has 0 radical (unpaired) electrons. The topological polar surface area (TPSA) is 65.5 Å². The number of anilines is 1. The van der Waals surface area contributed by atoms with Gasteiger partial charge in [0, 0.05) is 12.2 Å². The quantitative estimate of drug-likeness (QED) is 0.891. The van der Waals surface area contributed by atoms with Crippen molar-refractivity contribution >= 4 is 34.9 Å². The van der Waals surface area contributed by atoms with E-state index in [1.165, 1.54) is 12.3 Å². The number of pyridine rings is 1. The summed E-state index contributed by atoms with van der Waals surface area (Å²) in [5, 5.41) is 12.7. The van der Waals surface area contributed by atoms with Crippen molar-refractivity contribution in [3.63, 3.8) is 0 Å². The molecule has 5 nitrogen and oxygen atoms in total. The van der Waals surface area contributed by atoms with Crippen LogP contribution >= 0.6 is 23.2 Å². The Labute approximate surface area is 127 Å². The van der Waals surface area contributed by atoms with Crippen molar-refractivity contribution < 1.29 is 9.90 Å². The Balaban J connectivity index is 1.95. The van der Waals surface area contributed by atoms with Crippen molar-refractivity contribution in [2.24, 2.45) is 5.92 Å². The molecule has 2 rings (SSSR count). The fourth-order valence-corrected chi connectivity index (χ4v) is 2.87. The number of hydrogen-bond acceptors (Lipinski definition) is 4. The zero-order valence-corrected chi connectivity index (χ0v) is 12.7. The maximum atomic E-state index is 12.0. The summed E-state index contributed by atoms with van der Waals surface area (Å²) < 4.78 is 0. The fraction of sp³-hybridized carbons (Fsp3) is 0.538. The lowest BCUT2D eigenvalue weighted by molar-refractivity contribution is -0.117. The molecule has 110 valence electrons. The highest BCUT2D eigenvalue weighted by Gasteiger charge is 2.31. The Morgan fingerprint density at radius 2 is 2.35 bits per heavy atom. The van der Waals surface area contributed by atoms with Gasteiger partial charge in [0.2, 0.25) is 5.91 Å². The van der Waals surface area contributed by atoms with Gasteiger partial charge in [-0.2, -0.15) is 0 Å². The minimum Gasteiger partial charge on any atom is -0.395 e. The van der Waals surface area contributed by atoms with Crippen molar-refractivity contribution in [3.8, 4) is 0 Å². The van der Waals surface area contributed by atoms with Crippen LogP contribution in [-0.2, 0) is 4.79 Å². The van der Waals surface area contributed by atoms with E-state index in [0.717, 1.165) is 13.0 Å². The van der Waals surface area contributed by atoms with Gasteiger partial charge in [0.25, 0.3) is 0 Å². The lowest BCUT2D eigenvalue weighted by Gasteiger charge is -2.24. The molecule has 20 heavy (non-hydrogen) atoms. The first kappa shape index (κ1) is 15.5. The highest BCUT2D eigenvalue weighted by Crippen LogP contribution is 2.24. The van der Waals surface area contributed by atoms with Crippen LogP contribution in [-0.4, -0.2) is 46.6 Å². The van der Waals surface area contributed by atoms with Crippen LogP contribution in [0.4, 0.5) is 5.82 Å². The summed E-state index contributed by atoms with van der Waals surface area (Å²) in [5.74, 6) is 0.494. The molecule has 2 unspecified atom stereocenters. The summed E-state index contributed by atoms with van der Waals surface area (Å²) in [6.07, 6.45) is 2.41. The molecule has 0 saturated carbocycles. The Morgan fingerprint density at radius 1 is 1.60 bits per heavy atom. The fourth-order valence-electron chi connectivity index (χ4n) is 2.44. The van der Waals surface area contributed by atoms with Crippen LogP contribution in [0.3, 0.4) is 0 Å². The molecule has 2 heterocycles. The van der Waals surface area contributed by atoms with Gasteiger partial charge >= 0.3 is 0 Å². The third kappa shape index (κ3) is 3.61. The molecule has 2 N–H and O–H groups in total. The Kier molecular flexibility index (Phi) is 5.21. The number of rotatable bonds is 4. The van der Waals surface area contributed by atoms with Gasteiger partial charge in [-0.1, -0.05) is 30.1 Å². The normalized spacial score (nSPS) is 23.0. The van der Waals surface area contributed by atoms with E-state index < -0.39 is 0 Å². The van der Waals surface area contributed by atoms with E-state index in [-0.39, 0.29) is 25.1 Å². The molecular weight excluding hydrogens is 301 g/mol. The molecule has 2 atom stereocenters. The van der Waals surface area contributed by atoms with Crippen LogP contribution < -0.4 is 5.32 Å². The van der Waals surface area contributed by atoms with Crippen LogP contribution in [0.25, 0.3) is 0 Å². The minimum atomic E-state index is -0.200. The number of nitrogens with one attached hydrogen (secondary N) is 1. The summed E-state index contributed by atoms with van der Waals surface area (Å²) >= 11 is 11.7. The number of hydrogen-bond donors (Lipinski definition) is 2. The van der Waals surface area contributed by atoms with Gasteiger partial charge in [-0.05, 0) is 24.9 Å². The first-order valence-corrected chi connectivity index (χ1v) is 7.22. The first-order chi connectivity index (χ1) is 9.51. The van der Waals surface area contributed by atoms with Crippen molar-refractivity contribution in [1.29, 1.82) is 0 Å². The largest absolute Gasteiger partial charge is 0.395 e. The second-order valence-corrected chi connectivity index (χ2v) is 5.86. The minimum absolute atomic E-state index is 0.0365. The molecular formula is C13H17Cl2N3O2. The Hall–Kier alpha value is -0.880. The summed E-state index contributed by atoms with van der Waals surface area (Å²) in [6.45, 7) is 3.17. The average Bonchev–Trinajstić information content (AvgIpc) is 2.73. The predicted octanol–water partition coefficient (Wildman–Crippen LogP) is 2.03. The van der Waals surface area contributed by atoms with Crippen molar-refractivity contribution in [2.45, 2.75) is 19.4 Å². The molecule has 0 aromatic carbocycles. The van der Waals surface area contributed by atoms with E-state index in [0.29, 0.717) is 21.8 Å². The lowest BCUT2D eigenvalue weighted by Crippen LogP contribution is -2.40. The van der Waals surface area contributed by atoms with E-state index in [1.54, 1.807) is 0 Å². The molecule has 0 aliphatic carbocycles. The number of aliphatic hydroxyl groups is 1. The van der Waals surface area contributed by atoms with Gasteiger partial charge in [0.15, 0.2) is 5.82 Å². The van der Waals surface area contributed by atoms with E-state index in [2.05, 4.69) is 17.2 Å². The molecule has 0 spiro atoms. The molecule has 1 saturated heterocycles. The number of carbonyl (C=O) groups excluding carboxylic acids is 1. The number of aromatic nitrogens is 1. The first-order valence-electron chi connectivity index (χ1n) is 6.47. The Morgan fingerprint density at radius 3 is 3.00 bits per heavy atom. The van der Waals surface area contributed by atoms with Gasteiger partial charge in [-0.3, -0.25) is 9.69 Å². The van der Waals surface area contributed by atoms with Crippen LogP contribution in [0.1, 0.15) is 13.3 Å². The molecule has 7 heteroatoms. The standard InChI is InChI=1S/C13H17Cl2N3O2/c1-8-2-3-18(11(8)7-19)6-12(20)17-13-10(15)4-9(14)5-16-13/h4-5,8,11,19H,2-3,6-7H2,1H3,(H,16,17,20). The zero-order valence-electron chi connectivity index (χ0n) is 11.1.